The molecule has 0 saturated heterocycles. The zero-order valence-electron chi connectivity index (χ0n) is 13.1. The first-order valence-corrected chi connectivity index (χ1v) is 7.99. The average molecular weight is 314 g/mol. The van der Waals surface area contributed by atoms with Crippen molar-refractivity contribution in [2.45, 2.75) is 32.1 Å². The molecule has 0 spiro atoms. The Morgan fingerprint density at radius 3 is 2.48 bits per heavy atom. The van der Waals surface area contributed by atoms with Crippen LogP contribution >= 0.6 is 0 Å². The molecule has 0 aliphatic heterocycles. The quantitative estimate of drug-likeness (QED) is 0.515. The standard InChI is InChI=1S/C18H22N2O3/c21-14-13-20(19-18(23)16-9-5-2-6-10-16)17(22)12-11-15-7-3-1-4-8-15/h1,3-4,7-8,11-12,14,16H,2,5-6,9-10,13H2,(H,19,23). The fourth-order valence-corrected chi connectivity index (χ4v) is 2.68. The molecule has 1 aromatic rings. The Labute approximate surface area is 136 Å². The summed E-state index contributed by atoms with van der Waals surface area (Å²) in [7, 11) is 0. The molecule has 0 bridgehead atoms. The Morgan fingerprint density at radius 2 is 1.83 bits per heavy atom. The largest absolute Gasteiger partial charge is 0.301 e. The van der Waals surface area contributed by atoms with Crippen LogP contribution in [-0.4, -0.2) is 29.7 Å². The topological polar surface area (TPSA) is 66.5 Å². The van der Waals surface area contributed by atoms with E-state index in [1.54, 1.807) is 6.08 Å². The molecule has 1 saturated carbocycles. The summed E-state index contributed by atoms with van der Waals surface area (Å²) in [6.07, 6.45) is 8.54. The number of carbonyl (C=O) groups excluding carboxylic acids is 3. The molecule has 0 atom stereocenters. The Kier molecular flexibility index (Phi) is 6.54. The highest BCUT2D eigenvalue weighted by molar-refractivity contribution is 5.94. The van der Waals surface area contributed by atoms with Crippen molar-refractivity contribution >= 4 is 24.2 Å². The summed E-state index contributed by atoms with van der Waals surface area (Å²) in [6, 6.07) is 9.38. The molecule has 2 rings (SSSR count). The number of hydrazine groups is 1. The van der Waals surface area contributed by atoms with Gasteiger partial charge >= 0.3 is 0 Å². The fourth-order valence-electron chi connectivity index (χ4n) is 2.68. The maximum Gasteiger partial charge on any atom is 0.265 e. The minimum absolute atomic E-state index is 0.0659. The SMILES string of the molecule is O=CCN(NC(=O)C1CCCCC1)C(=O)C=Cc1ccccc1. The number of aldehydes is 1. The van der Waals surface area contributed by atoms with E-state index in [1.165, 1.54) is 6.08 Å². The molecule has 122 valence electrons. The lowest BCUT2D eigenvalue weighted by molar-refractivity contribution is -0.141. The highest BCUT2D eigenvalue weighted by atomic mass is 16.2. The number of hydrogen-bond donors (Lipinski definition) is 1. The number of amides is 2. The fraction of sp³-hybridized carbons (Fsp3) is 0.389. The van der Waals surface area contributed by atoms with Gasteiger partial charge < -0.3 is 4.79 Å². The summed E-state index contributed by atoms with van der Waals surface area (Å²) in [5.41, 5.74) is 3.47. The first-order chi connectivity index (χ1) is 11.2. The van der Waals surface area contributed by atoms with Crippen LogP contribution in [0.25, 0.3) is 6.08 Å². The van der Waals surface area contributed by atoms with Crippen LogP contribution in [0.3, 0.4) is 0 Å². The van der Waals surface area contributed by atoms with Crippen LogP contribution in [0.2, 0.25) is 0 Å². The summed E-state index contributed by atoms with van der Waals surface area (Å²) in [5, 5.41) is 1.07. The number of nitrogens with one attached hydrogen (secondary N) is 1. The van der Waals surface area contributed by atoms with Crippen LogP contribution in [0.15, 0.2) is 36.4 Å². The zero-order chi connectivity index (χ0) is 16.5. The van der Waals surface area contributed by atoms with E-state index in [9.17, 15) is 14.4 Å². The van der Waals surface area contributed by atoms with E-state index in [0.717, 1.165) is 42.7 Å². The van der Waals surface area contributed by atoms with Crippen molar-refractivity contribution in [3.63, 3.8) is 0 Å². The third-order valence-corrected chi connectivity index (χ3v) is 3.96. The Hall–Kier alpha value is -2.43. The molecule has 5 nitrogen and oxygen atoms in total. The number of nitrogens with zero attached hydrogens (tertiary/aromatic N) is 1. The molecule has 1 aliphatic rings. The predicted octanol–water partition coefficient (Wildman–Crippen LogP) is 2.34. The van der Waals surface area contributed by atoms with E-state index >= 15 is 0 Å². The number of rotatable bonds is 5. The zero-order valence-corrected chi connectivity index (χ0v) is 13.1. The molecular formula is C18H22N2O3. The first kappa shape index (κ1) is 16.9. The van der Waals surface area contributed by atoms with Gasteiger partial charge in [0.05, 0.1) is 6.54 Å². The van der Waals surface area contributed by atoms with Crippen molar-refractivity contribution < 1.29 is 14.4 Å². The van der Waals surface area contributed by atoms with Gasteiger partial charge in [0, 0.05) is 12.0 Å². The van der Waals surface area contributed by atoms with Crippen molar-refractivity contribution in [1.29, 1.82) is 0 Å². The lowest BCUT2D eigenvalue weighted by Gasteiger charge is -2.25. The van der Waals surface area contributed by atoms with Gasteiger partial charge in [-0.3, -0.25) is 15.0 Å². The van der Waals surface area contributed by atoms with Crippen molar-refractivity contribution in [2.75, 3.05) is 6.54 Å². The third-order valence-electron chi connectivity index (χ3n) is 3.96. The second kappa shape index (κ2) is 8.88. The Balaban J connectivity index is 1.96. The van der Waals surface area contributed by atoms with Gasteiger partial charge in [-0.1, -0.05) is 49.6 Å². The molecule has 0 unspecified atom stereocenters. The molecule has 1 fully saturated rings. The van der Waals surface area contributed by atoms with E-state index in [4.69, 9.17) is 0 Å². The monoisotopic (exact) mass is 314 g/mol. The molecule has 23 heavy (non-hydrogen) atoms. The Bertz CT molecular complexity index is 563. The lowest BCUT2D eigenvalue weighted by atomic mass is 9.89. The van der Waals surface area contributed by atoms with Gasteiger partial charge in [0.25, 0.3) is 5.91 Å². The van der Waals surface area contributed by atoms with Gasteiger partial charge in [-0.05, 0) is 24.5 Å². The van der Waals surface area contributed by atoms with Gasteiger partial charge in [0.15, 0.2) is 0 Å². The summed E-state index contributed by atoms with van der Waals surface area (Å²) < 4.78 is 0. The minimum Gasteiger partial charge on any atom is -0.301 e. The second-order valence-electron chi connectivity index (χ2n) is 5.67. The maximum absolute atomic E-state index is 12.2. The highest BCUT2D eigenvalue weighted by Crippen LogP contribution is 2.23. The van der Waals surface area contributed by atoms with E-state index in [-0.39, 0.29) is 18.4 Å². The smallest absolute Gasteiger partial charge is 0.265 e. The number of benzene rings is 1. The maximum atomic E-state index is 12.2. The number of hydrogen-bond acceptors (Lipinski definition) is 3. The third kappa shape index (κ3) is 5.36. The van der Waals surface area contributed by atoms with Crippen molar-refractivity contribution in [1.82, 2.24) is 10.4 Å². The lowest BCUT2D eigenvalue weighted by Crippen LogP contribution is -2.48. The van der Waals surface area contributed by atoms with Gasteiger partial charge in [-0.2, -0.15) is 0 Å². The highest BCUT2D eigenvalue weighted by Gasteiger charge is 2.23. The molecular weight excluding hydrogens is 292 g/mol. The summed E-state index contributed by atoms with van der Waals surface area (Å²) >= 11 is 0. The molecule has 1 aromatic carbocycles. The van der Waals surface area contributed by atoms with Crippen LogP contribution in [-0.2, 0) is 14.4 Å². The Morgan fingerprint density at radius 1 is 1.13 bits per heavy atom. The van der Waals surface area contributed by atoms with Crippen LogP contribution in [0, 0.1) is 5.92 Å². The molecule has 0 aromatic heterocycles. The van der Waals surface area contributed by atoms with E-state index < -0.39 is 5.91 Å². The van der Waals surface area contributed by atoms with Gasteiger partial charge in [0.2, 0.25) is 5.91 Å². The first-order valence-electron chi connectivity index (χ1n) is 7.99. The van der Waals surface area contributed by atoms with Crippen LogP contribution in [0.4, 0.5) is 0 Å². The van der Waals surface area contributed by atoms with E-state index in [0.29, 0.717) is 6.29 Å². The van der Waals surface area contributed by atoms with Crippen LogP contribution in [0.1, 0.15) is 37.7 Å². The molecule has 2 amide bonds. The second-order valence-corrected chi connectivity index (χ2v) is 5.67. The van der Waals surface area contributed by atoms with E-state index in [2.05, 4.69) is 5.43 Å². The van der Waals surface area contributed by atoms with Crippen LogP contribution < -0.4 is 5.43 Å². The predicted molar refractivity (Wildman–Crippen MR) is 88.0 cm³/mol. The normalized spacial score (nSPS) is 15.3. The summed E-state index contributed by atoms with van der Waals surface area (Å²) in [5.74, 6) is -0.651. The molecule has 0 radical (unpaired) electrons. The molecule has 1 N–H and O–H groups in total. The minimum atomic E-state index is -0.412. The number of carbonyl (C=O) groups is 3. The van der Waals surface area contributed by atoms with Gasteiger partial charge in [-0.15, -0.1) is 0 Å². The summed E-state index contributed by atoms with van der Waals surface area (Å²) in [6.45, 7) is -0.156. The van der Waals surface area contributed by atoms with Crippen molar-refractivity contribution in [3.05, 3.63) is 42.0 Å². The van der Waals surface area contributed by atoms with Crippen molar-refractivity contribution in [2.24, 2.45) is 5.92 Å². The average Bonchev–Trinajstić information content (AvgIpc) is 2.61. The van der Waals surface area contributed by atoms with Gasteiger partial charge in [-0.25, -0.2) is 5.01 Å². The molecule has 0 heterocycles. The molecule has 5 heteroatoms. The van der Waals surface area contributed by atoms with Gasteiger partial charge in [0.1, 0.15) is 6.29 Å². The molecule has 1 aliphatic carbocycles. The van der Waals surface area contributed by atoms with Crippen molar-refractivity contribution in [3.8, 4) is 0 Å². The van der Waals surface area contributed by atoms with Crippen LogP contribution in [0.5, 0.6) is 0 Å². The van der Waals surface area contributed by atoms with E-state index in [1.807, 2.05) is 30.3 Å². The summed E-state index contributed by atoms with van der Waals surface area (Å²) in [4.78, 5) is 35.2.